The first kappa shape index (κ1) is 14.5. The van der Waals surface area contributed by atoms with Crippen LogP contribution in [0, 0.1) is 0 Å². The molecule has 0 saturated heterocycles. The van der Waals surface area contributed by atoms with Crippen LogP contribution in [0.25, 0.3) is 0 Å². The van der Waals surface area contributed by atoms with E-state index < -0.39 is 10.4 Å². The van der Waals surface area contributed by atoms with Gasteiger partial charge in [0.25, 0.3) is 10.4 Å². The largest absolute Gasteiger partial charge is 1.00 e. The molecule has 1 rings (SSSR count). The topological polar surface area (TPSA) is 95.9 Å². The second-order valence-corrected chi connectivity index (χ2v) is 3.28. The fourth-order valence-electron chi connectivity index (χ4n) is 0.885. The van der Waals surface area contributed by atoms with Crippen LogP contribution in [0.15, 0.2) is 18.2 Å². The molecule has 0 bridgehead atoms. The molecule has 0 aliphatic carbocycles. The Labute approximate surface area is 109 Å². The van der Waals surface area contributed by atoms with Crippen molar-refractivity contribution in [3.63, 3.8) is 0 Å². The molecule has 1 N–H and O–H groups in total. The van der Waals surface area contributed by atoms with E-state index in [1.54, 1.807) is 0 Å². The second-order valence-electron chi connectivity index (χ2n) is 2.30. The summed E-state index contributed by atoms with van der Waals surface area (Å²) in [6.07, 6.45) is 0. The van der Waals surface area contributed by atoms with E-state index in [-0.39, 0.29) is 46.8 Å². The third-order valence-electron chi connectivity index (χ3n) is 1.35. The van der Waals surface area contributed by atoms with Gasteiger partial charge < -0.3 is 18.6 Å². The normalized spacial score (nSPS) is 10.3. The van der Waals surface area contributed by atoms with Crippen LogP contribution in [0.5, 0.6) is 17.2 Å². The monoisotopic (exact) mass is 242 g/mol. The van der Waals surface area contributed by atoms with Gasteiger partial charge in [0.15, 0.2) is 11.5 Å². The SMILES string of the molecule is COc1c(O)cccc1OS(=O)(=O)[O-].[Na+]. The van der Waals surface area contributed by atoms with Gasteiger partial charge in [0.1, 0.15) is 0 Å². The maximum absolute atomic E-state index is 10.3. The van der Waals surface area contributed by atoms with Gasteiger partial charge in [0.2, 0.25) is 5.75 Å². The van der Waals surface area contributed by atoms with Crippen molar-refractivity contribution in [3.05, 3.63) is 18.2 Å². The maximum atomic E-state index is 10.3. The number of methoxy groups -OCH3 is 1. The number of para-hydroxylation sites is 1. The predicted molar refractivity (Wildman–Crippen MR) is 45.0 cm³/mol. The van der Waals surface area contributed by atoms with Gasteiger partial charge in [-0.05, 0) is 12.1 Å². The van der Waals surface area contributed by atoms with Crippen molar-refractivity contribution in [2.45, 2.75) is 0 Å². The Balaban J connectivity index is 0.00000196. The van der Waals surface area contributed by atoms with E-state index >= 15 is 0 Å². The maximum Gasteiger partial charge on any atom is 1.00 e. The van der Waals surface area contributed by atoms with Gasteiger partial charge in [-0.1, -0.05) is 6.07 Å². The summed E-state index contributed by atoms with van der Waals surface area (Å²) in [7, 11) is -3.66. The van der Waals surface area contributed by atoms with Gasteiger partial charge in [-0.2, -0.15) is 0 Å². The Morgan fingerprint density at radius 1 is 1.40 bits per heavy atom. The van der Waals surface area contributed by atoms with Gasteiger partial charge in [-0.3, -0.25) is 0 Å². The third kappa shape index (κ3) is 4.27. The molecule has 0 aromatic heterocycles. The molecule has 8 heteroatoms. The van der Waals surface area contributed by atoms with Crippen LogP contribution in [0.4, 0.5) is 0 Å². The zero-order valence-corrected chi connectivity index (χ0v) is 10.9. The van der Waals surface area contributed by atoms with Crippen molar-refractivity contribution in [1.82, 2.24) is 0 Å². The Morgan fingerprint density at radius 3 is 2.47 bits per heavy atom. The van der Waals surface area contributed by atoms with Gasteiger partial charge in [-0.25, -0.2) is 8.42 Å². The fourth-order valence-corrected chi connectivity index (χ4v) is 1.24. The van der Waals surface area contributed by atoms with Crippen molar-refractivity contribution in [1.29, 1.82) is 0 Å². The number of phenols is 1. The first-order valence-electron chi connectivity index (χ1n) is 3.45. The summed E-state index contributed by atoms with van der Waals surface area (Å²) in [6, 6.07) is 3.77. The van der Waals surface area contributed by atoms with Crippen molar-refractivity contribution in [3.8, 4) is 17.2 Å². The Morgan fingerprint density at radius 2 is 2.00 bits per heavy atom. The van der Waals surface area contributed by atoms with E-state index in [4.69, 9.17) is 0 Å². The minimum Gasteiger partial charge on any atom is -0.716 e. The van der Waals surface area contributed by atoms with Crippen LogP contribution >= 0.6 is 0 Å². The first-order valence-corrected chi connectivity index (χ1v) is 4.78. The summed E-state index contributed by atoms with van der Waals surface area (Å²) in [4.78, 5) is 0. The molecule has 0 aliphatic heterocycles. The average Bonchev–Trinajstić information content (AvgIpc) is 2.01. The molecule has 0 atom stereocenters. The minimum atomic E-state index is -4.87. The molecule has 0 aliphatic rings. The Hall–Kier alpha value is -0.470. The Kier molecular flexibility index (Phi) is 5.39. The smallest absolute Gasteiger partial charge is 0.716 e. The zero-order chi connectivity index (χ0) is 10.8. The molecule has 0 saturated carbocycles. The van der Waals surface area contributed by atoms with Crippen LogP contribution in [0.3, 0.4) is 0 Å². The van der Waals surface area contributed by atoms with Crippen molar-refractivity contribution in [2.24, 2.45) is 0 Å². The Bertz CT molecular complexity index is 429. The molecule has 0 unspecified atom stereocenters. The number of hydrogen-bond acceptors (Lipinski definition) is 6. The van der Waals surface area contributed by atoms with Gasteiger partial charge in [-0.15, -0.1) is 0 Å². The van der Waals surface area contributed by atoms with Gasteiger partial charge in [0.05, 0.1) is 7.11 Å². The van der Waals surface area contributed by atoms with Crippen molar-refractivity contribution >= 4 is 10.4 Å². The van der Waals surface area contributed by atoms with Crippen LogP contribution < -0.4 is 38.5 Å². The quantitative estimate of drug-likeness (QED) is 0.350. The summed E-state index contributed by atoms with van der Waals surface area (Å²) >= 11 is 0. The van der Waals surface area contributed by atoms with Crippen LogP contribution in [-0.2, 0) is 10.4 Å². The van der Waals surface area contributed by atoms with E-state index in [0.29, 0.717) is 0 Å². The zero-order valence-electron chi connectivity index (χ0n) is 8.13. The molecular formula is C7H7NaO6S. The molecule has 0 fully saturated rings. The summed E-state index contributed by atoms with van der Waals surface area (Å²) in [5, 5.41) is 9.19. The fraction of sp³-hybridized carbons (Fsp3) is 0.143. The molecule has 1 aromatic carbocycles. The molecule has 6 nitrogen and oxygen atoms in total. The summed E-state index contributed by atoms with van der Waals surface area (Å²) in [5.41, 5.74) is 0. The third-order valence-corrected chi connectivity index (χ3v) is 1.74. The molecule has 0 spiro atoms. The molecule has 0 amide bonds. The number of aromatic hydroxyl groups is 1. The molecule has 0 heterocycles. The van der Waals surface area contributed by atoms with Crippen LogP contribution in [-0.4, -0.2) is 25.2 Å². The first-order chi connectivity index (χ1) is 6.44. The standard InChI is InChI=1S/C7H8O6S.Na/c1-12-7-5(8)3-2-4-6(7)13-14(9,10)11;/h2-4,8H,1H3,(H,9,10,11);/q;+1/p-1. The summed E-state index contributed by atoms with van der Waals surface area (Å²) < 4.78 is 39.5. The molecular weight excluding hydrogens is 235 g/mol. The van der Waals surface area contributed by atoms with E-state index in [1.807, 2.05) is 0 Å². The summed E-state index contributed by atoms with van der Waals surface area (Å²) in [5.74, 6) is -0.858. The second kappa shape index (κ2) is 5.57. The van der Waals surface area contributed by atoms with Gasteiger partial charge in [0, 0.05) is 0 Å². The van der Waals surface area contributed by atoms with Crippen LogP contribution in [0.1, 0.15) is 0 Å². The molecule has 1 aromatic rings. The van der Waals surface area contributed by atoms with E-state index in [9.17, 15) is 18.1 Å². The summed E-state index contributed by atoms with van der Waals surface area (Å²) in [6.45, 7) is 0. The number of benzene rings is 1. The average molecular weight is 242 g/mol. The molecule has 78 valence electrons. The minimum absolute atomic E-state index is 0. The van der Waals surface area contributed by atoms with Gasteiger partial charge >= 0.3 is 29.6 Å². The van der Waals surface area contributed by atoms with Crippen LogP contribution in [0.2, 0.25) is 0 Å². The number of hydrogen-bond donors (Lipinski definition) is 1. The predicted octanol–water partition coefficient (Wildman–Crippen LogP) is -2.76. The van der Waals surface area contributed by atoms with E-state index in [2.05, 4.69) is 8.92 Å². The number of rotatable bonds is 3. The number of phenolic OH excluding ortho intramolecular Hbond substituents is 1. The van der Waals surface area contributed by atoms with E-state index in [1.165, 1.54) is 25.3 Å². The number of ether oxygens (including phenoxy) is 1. The van der Waals surface area contributed by atoms with Crippen molar-refractivity contribution < 1.29 is 56.6 Å². The van der Waals surface area contributed by atoms with E-state index in [0.717, 1.165) is 0 Å². The van der Waals surface area contributed by atoms with Crippen molar-refractivity contribution in [2.75, 3.05) is 7.11 Å². The molecule has 0 radical (unpaired) electrons. The molecule has 15 heavy (non-hydrogen) atoms.